The van der Waals surface area contributed by atoms with E-state index in [2.05, 4.69) is 15.0 Å². The molecule has 0 spiro atoms. The molecule has 1 aromatic carbocycles. The monoisotopic (exact) mass is 341 g/mol. The van der Waals surface area contributed by atoms with E-state index >= 15 is 0 Å². The Labute approximate surface area is 132 Å². The number of hydrogen-bond donors (Lipinski definition) is 1. The molecule has 1 N–H and O–H groups in total. The van der Waals surface area contributed by atoms with Crippen LogP contribution in [0.5, 0.6) is 5.75 Å². The number of hydrogen-bond acceptors (Lipinski definition) is 4. The van der Waals surface area contributed by atoms with Crippen molar-refractivity contribution in [1.82, 2.24) is 9.38 Å². The number of alkyl halides is 3. The van der Waals surface area contributed by atoms with Gasteiger partial charge in [0.2, 0.25) is 0 Å². The third-order valence-corrected chi connectivity index (χ3v) is 3.73. The number of imidazole rings is 1. The molecular weight excluding hydrogens is 331 g/mol. The lowest BCUT2D eigenvalue weighted by molar-refractivity contribution is -0.274. The number of ether oxygens (including phenoxy) is 1. The van der Waals surface area contributed by atoms with Gasteiger partial charge in [-0.3, -0.25) is 9.20 Å². The van der Waals surface area contributed by atoms with Gasteiger partial charge in [-0.1, -0.05) is 6.07 Å². The fourth-order valence-electron chi connectivity index (χ4n) is 2.13. The summed E-state index contributed by atoms with van der Waals surface area (Å²) in [7, 11) is 0. The van der Waals surface area contributed by atoms with Gasteiger partial charge >= 0.3 is 6.36 Å². The van der Waals surface area contributed by atoms with Crippen molar-refractivity contribution < 1.29 is 22.7 Å². The average molecular weight is 341 g/mol. The molecule has 2 heterocycles. The van der Waals surface area contributed by atoms with Crippen molar-refractivity contribution in [3.05, 3.63) is 47.2 Å². The Hall–Kier alpha value is -2.55. The van der Waals surface area contributed by atoms with E-state index in [1.165, 1.54) is 23.5 Å². The van der Waals surface area contributed by atoms with E-state index in [0.29, 0.717) is 16.3 Å². The molecule has 3 rings (SSSR count). The number of thiazole rings is 1. The molecule has 120 valence electrons. The van der Waals surface area contributed by atoms with Crippen molar-refractivity contribution in [2.45, 2.75) is 13.3 Å². The first-order valence-electron chi connectivity index (χ1n) is 6.43. The van der Waals surface area contributed by atoms with Crippen molar-refractivity contribution >= 4 is 27.9 Å². The lowest BCUT2D eigenvalue weighted by Crippen LogP contribution is -2.18. The Morgan fingerprint density at radius 2 is 2.17 bits per heavy atom. The van der Waals surface area contributed by atoms with Gasteiger partial charge in [-0.05, 0) is 19.1 Å². The highest BCUT2D eigenvalue weighted by atomic mass is 32.1. The van der Waals surface area contributed by atoms with Gasteiger partial charge in [-0.2, -0.15) is 0 Å². The maximum absolute atomic E-state index is 12.4. The van der Waals surface area contributed by atoms with E-state index in [4.69, 9.17) is 0 Å². The zero-order chi connectivity index (χ0) is 16.6. The van der Waals surface area contributed by atoms with Crippen LogP contribution in [-0.4, -0.2) is 21.7 Å². The quantitative estimate of drug-likeness (QED) is 0.787. The summed E-state index contributed by atoms with van der Waals surface area (Å²) in [5.41, 5.74) is 1.07. The van der Waals surface area contributed by atoms with Crippen LogP contribution in [0.1, 0.15) is 16.2 Å². The molecule has 3 aromatic rings. The minimum absolute atomic E-state index is 0.196. The summed E-state index contributed by atoms with van der Waals surface area (Å²) >= 11 is 1.38. The molecule has 23 heavy (non-hydrogen) atoms. The van der Waals surface area contributed by atoms with Crippen LogP contribution in [0.2, 0.25) is 0 Å². The van der Waals surface area contributed by atoms with Crippen molar-refractivity contribution in [3.63, 3.8) is 0 Å². The molecule has 0 saturated carbocycles. The number of fused-ring (bicyclic) bond motifs is 1. The van der Waals surface area contributed by atoms with E-state index in [1.54, 1.807) is 22.9 Å². The van der Waals surface area contributed by atoms with E-state index in [9.17, 15) is 18.0 Å². The first kappa shape index (κ1) is 15.3. The lowest BCUT2D eigenvalue weighted by Gasteiger charge is -2.10. The third-order valence-electron chi connectivity index (χ3n) is 2.98. The smallest absolute Gasteiger partial charge is 0.406 e. The molecule has 0 aliphatic carbocycles. The van der Waals surface area contributed by atoms with Crippen LogP contribution in [0.4, 0.5) is 18.9 Å². The number of anilines is 1. The number of rotatable bonds is 3. The summed E-state index contributed by atoms with van der Waals surface area (Å²) in [5, 5.41) is 4.34. The molecule has 0 fully saturated rings. The Morgan fingerprint density at radius 3 is 2.91 bits per heavy atom. The van der Waals surface area contributed by atoms with Crippen LogP contribution in [-0.2, 0) is 0 Å². The number of carbonyl (C=O) groups excluding carboxylic acids is 1. The molecule has 1 amide bonds. The molecule has 5 nitrogen and oxygen atoms in total. The maximum atomic E-state index is 12.4. The molecule has 0 aliphatic heterocycles. The van der Waals surface area contributed by atoms with Gasteiger partial charge in [0, 0.05) is 23.3 Å². The van der Waals surface area contributed by atoms with Crippen LogP contribution in [0.25, 0.3) is 4.96 Å². The summed E-state index contributed by atoms with van der Waals surface area (Å²) in [6.07, 6.45) is -3.08. The Kier molecular flexibility index (Phi) is 3.72. The van der Waals surface area contributed by atoms with Gasteiger partial charge in [-0.15, -0.1) is 24.5 Å². The van der Waals surface area contributed by atoms with Crippen molar-refractivity contribution in [2.24, 2.45) is 0 Å². The summed E-state index contributed by atoms with van der Waals surface area (Å²) in [6, 6.07) is 5.10. The minimum Gasteiger partial charge on any atom is -0.406 e. The molecule has 2 aromatic heterocycles. The summed E-state index contributed by atoms with van der Waals surface area (Å²) in [6.45, 7) is 1.69. The van der Waals surface area contributed by atoms with Crippen molar-refractivity contribution in [2.75, 3.05) is 5.32 Å². The number of aromatic nitrogens is 2. The SMILES string of the molecule is Cc1nc2sccn2c1C(=O)Nc1cccc(OC(F)(F)F)c1. The van der Waals surface area contributed by atoms with Crippen LogP contribution in [0.3, 0.4) is 0 Å². The zero-order valence-corrected chi connectivity index (χ0v) is 12.5. The molecule has 0 saturated heterocycles. The van der Waals surface area contributed by atoms with Crippen LogP contribution >= 0.6 is 11.3 Å². The minimum atomic E-state index is -4.78. The van der Waals surface area contributed by atoms with Gasteiger partial charge < -0.3 is 10.1 Å². The second kappa shape index (κ2) is 5.58. The van der Waals surface area contributed by atoms with Gasteiger partial charge in [0.1, 0.15) is 11.4 Å². The molecule has 9 heteroatoms. The molecular formula is C14H10F3N3O2S. The second-order valence-corrected chi connectivity index (χ2v) is 5.50. The van der Waals surface area contributed by atoms with Gasteiger partial charge in [-0.25, -0.2) is 4.98 Å². The maximum Gasteiger partial charge on any atom is 0.573 e. The number of benzene rings is 1. The number of carbonyl (C=O) groups is 1. The van der Waals surface area contributed by atoms with Crippen LogP contribution in [0, 0.1) is 6.92 Å². The summed E-state index contributed by atoms with van der Waals surface area (Å²) in [5.74, 6) is -0.862. The predicted molar refractivity (Wildman–Crippen MR) is 78.9 cm³/mol. The highest BCUT2D eigenvalue weighted by molar-refractivity contribution is 7.15. The normalized spacial score (nSPS) is 11.7. The number of aryl methyl sites for hydroxylation is 1. The molecule has 0 atom stereocenters. The third kappa shape index (κ3) is 3.29. The summed E-state index contributed by atoms with van der Waals surface area (Å²) in [4.78, 5) is 17.3. The fraction of sp³-hybridized carbons (Fsp3) is 0.143. The molecule has 0 bridgehead atoms. The average Bonchev–Trinajstić information content (AvgIpc) is 2.96. The van der Waals surface area contributed by atoms with Crippen LogP contribution in [0.15, 0.2) is 35.8 Å². The molecule has 0 aliphatic rings. The topological polar surface area (TPSA) is 55.6 Å². The second-order valence-electron chi connectivity index (χ2n) is 4.63. The first-order valence-corrected chi connectivity index (χ1v) is 7.31. The van der Waals surface area contributed by atoms with Crippen LogP contribution < -0.4 is 10.1 Å². The number of nitrogens with one attached hydrogen (secondary N) is 1. The van der Waals surface area contributed by atoms with Gasteiger partial charge in [0.15, 0.2) is 4.96 Å². The highest BCUT2D eigenvalue weighted by Gasteiger charge is 2.31. The standard InChI is InChI=1S/C14H10F3N3O2S/c1-8-11(20-5-6-23-13(20)18-8)12(21)19-9-3-2-4-10(7-9)22-14(15,16)17/h2-7H,1H3,(H,19,21). The van der Waals surface area contributed by atoms with Gasteiger partial charge in [0.05, 0.1) is 5.69 Å². The Bertz CT molecular complexity index is 870. The Balaban J connectivity index is 1.84. The van der Waals surface area contributed by atoms with E-state index < -0.39 is 18.0 Å². The van der Waals surface area contributed by atoms with Crippen molar-refractivity contribution in [1.29, 1.82) is 0 Å². The molecule has 0 unspecified atom stereocenters. The predicted octanol–water partition coefficient (Wildman–Crippen LogP) is 3.86. The molecule has 0 radical (unpaired) electrons. The van der Waals surface area contributed by atoms with Crippen molar-refractivity contribution in [3.8, 4) is 5.75 Å². The van der Waals surface area contributed by atoms with E-state index in [1.807, 2.05) is 0 Å². The van der Waals surface area contributed by atoms with Gasteiger partial charge in [0.25, 0.3) is 5.91 Å². The van der Waals surface area contributed by atoms with E-state index in [-0.39, 0.29) is 5.69 Å². The lowest BCUT2D eigenvalue weighted by atomic mass is 10.2. The highest BCUT2D eigenvalue weighted by Crippen LogP contribution is 2.25. The van der Waals surface area contributed by atoms with E-state index in [0.717, 1.165) is 12.1 Å². The largest absolute Gasteiger partial charge is 0.573 e. The summed E-state index contributed by atoms with van der Waals surface area (Å²) < 4.78 is 42.2. The number of amides is 1. The number of nitrogens with zero attached hydrogens (tertiary/aromatic N) is 2. The fourth-order valence-corrected chi connectivity index (χ4v) is 2.89. The number of halogens is 3. The first-order chi connectivity index (χ1) is 10.8. The zero-order valence-electron chi connectivity index (χ0n) is 11.7. The Morgan fingerprint density at radius 1 is 1.39 bits per heavy atom.